The number of carbonyl (C=O) groups is 3. The van der Waals surface area contributed by atoms with E-state index in [0.717, 1.165) is 10.6 Å². The molecule has 0 bridgehead atoms. The molecule has 1 aliphatic heterocycles. The molecule has 3 amide bonds. The van der Waals surface area contributed by atoms with Gasteiger partial charge in [-0.05, 0) is 54.2 Å². The van der Waals surface area contributed by atoms with Gasteiger partial charge in [0, 0.05) is 43.0 Å². The van der Waals surface area contributed by atoms with Gasteiger partial charge < -0.3 is 15.4 Å². The number of nitrogens with zero attached hydrogens (tertiary/aromatic N) is 1. The molecule has 0 atom stereocenters. The van der Waals surface area contributed by atoms with Crippen LogP contribution in [0.5, 0.6) is 0 Å². The van der Waals surface area contributed by atoms with Gasteiger partial charge in [0.05, 0.1) is 0 Å². The van der Waals surface area contributed by atoms with E-state index in [1.165, 1.54) is 22.2 Å². The maximum absolute atomic E-state index is 13.3. The zero-order valence-electron chi connectivity index (χ0n) is 21.6. The highest BCUT2D eigenvalue weighted by Gasteiger charge is 2.38. The number of anilines is 2. The molecular weight excluding hydrogens is 474 g/mol. The molecule has 0 radical (unpaired) electrons. The minimum atomic E-state index is -0.354. The van der Waals surface area contributed by atoms with E-state index < -0.39 is 0 Å². The molecule has 2 aromatic carbocycles. The Bertz CT molecular complexity index is 1130. The van der Waals surface area contributed by atoms with Gasteiger partial charge >= 0.3 is 0 Å². The molecule has 192 valence electrons. The second-order valence-corrected chi connectivity index (χ2v) is 10.6. The molecule has 3 rings (SSSR count). The normalized spacial score (nSPS) is 13.8. The van der Waals surface area contributed by atoms with Gasteiger partial charge in [0.2, 0.25) is 5.91 Å². The van der Waals surface area contributed by atoms with Crippen molar-refractivity contribution in [1.82, 2.24) is 4.90 Å². The molecule has 0 unspecified atom stereocenters. The lowest BCUT2D eigenvalue weighted by Gasteiger charge is -2.15. The third-order valence-electron chi connectivity index (χ3n) is 5.63. The van der Waals surface area contributed by atoms with Crippen molar-refractivity contribution in [2.24, 2.45) is 5.92 Å². The molecule has 0 saturated carbocycles. The molecule has 0 saturated heterocycles. The molecule has 2 aromatic rings. The zero-order valence-corrected chi connectivity index (χ0v) is 22.4. The highest BCUT2D eigenvalue weighted by Crippen LogP contribution is 2.37. The fourth-order valence-electron chi connectivity index (χ4n) is 3.76. The van der Waals surface area contributed by atoms with Gasteiger partial charge in [-0.25, -0.2) is 0 Å². The number of benzene rings is 2. The molecule has 1 heterocycles. The van der Waals surface area contributed by atoms with E-state index in [2.05, 4.69) is 24.5 Å². The van der Waals surface area contributed by atoms with E-state index in [0.29, 0.717) is 36.0 Å². The van der Waals surface area contributed by atoms with Crippen LogP contribution in [0.1, 0.15) is 52.0 Å². The number of amides is 3. The first-order valence-electron chi connectivity index (χ1n) is 12.2. The summed E-state index contributed by atoms with van der Waals surface area (Å²) >= 11 is 1.22. The Hall–Kier alpha value is -3.10. The first-order chi connectivity index (χ1) is 17.2. The maximum Gasteiger partial charge on any atom is 0.278 e. The first kappa shape index (κ1) is 27.5. The Balaban J connectivity index is 1.87. The van der Waals surface area contributed by atoms with Crippen LogP contribution < -0.4 is 10.6 Å². The lowest BCUT2D eigenvalue weighted by molar-refractivity contribution is -0.137. The average Bonchev–Trinajstić information content (AvgIpc) is 3.03. The maximum atomic E-state index is 13.3. The van der Waals surface area contributed by atoms with E-state index in [1.54, 1.807) is 7.11 Å². The summed E-state index contributed by atoms with van der Waals surface area (Å²) < 4.78 is 5.10. The number of hydrogen-bond acceptors (Lipinski definition) is 6. The second-order valence-electron chi connectivity index (χ2n) is 9.49. The predicted molar refractivity (Wildman–Crippen MR) is 145 cm³/mol. The number of methoxy groups -OCH3 is 1. The fourth-order valence-corrected chi connectivity index (χ4v) is 4.77. The van der Waals surface area contributed by atoms with Crippen LogP contribution in [0.4, 0.5) is 11.4 Å². The summed E-state index contributed by atoms with van der Waals surface area (Å²) in [5.41, 5.74) is 2.84. The van der Waals surface area contributed by atoms with Crippen molar-refractivity contribution in [2.45, 2.75) is 51.3 Å². The summed E-state index contributed by atoms with van der Waals surface area (Å²) in [5, 5.41) is 6.10. The molecule has 0 fully saturated rings. The van der Waals surface area contributed by atoms with E-state index in [9.17, 15) is 14.4 Å². The van der Waals surface area contributed by atoms with Crippen LogP contribution in [0, 0.1) is 5.92 Å². The first-order valence-corrected chi connectivity index (χ1v) is 13.1. The van der Waals surface area contributed by atoms with E-state index in [1.807, 2.05) is 62.4 Å². The topological polar surface area (TPSA) is 87.7 Å². The van der Waals surface area contributed by atoms with E-state index >= 15 is 0 Å². The third kappa shape index (κ3) is 7.21. The van der Waals surface area contributed by atoms with E-state index in [-0.39, 0.29) is 35.9 Å². The number of imide groups is 1. The standard InChI is InChI=1S/C28H35N3O4S/c1-18(2)16-24(32)29-22-8-6-9-23(17-22)36-26-25(27(33)31(28(26)34)14-7-15-35-5)30-21-12-10-20(11-13-21)19(3)4/h6,8-13,17-19,30H,7,14-16H2,1-5H3,(H,29,32). The molecule has 36 heavy (non-hydrogen) atoms. The molecule has 8 heteroatoms. The number of carbonyl (C=O) groups excluding carboxylic acids is 3. The third-order valence-corrected chi connectivity index (χ3v) is 6.71. The summed E-state index contributed by atoms with van der Waals surface area (Å²) in [7, 11) is 1.59. The van der Waals surface area contributed by atoms with Gasteiger partial charge in [0.15, 0.2) is 0 Å². The lowest BCUT2D eigenvalue weighted by Crippen LogP contribution is -2.33. The summed E-state index contributed by atoms with van der Waals surface area (Å²) in [6, 6.07) is 15.2. The molecule has 7 nitrogen and oxygen atoms in total. The van der Waals surface area contributed by atoms with Crippen LogP contribution in [0.25, 0.3) is 0 Å². The van der Waals surface area contributed by atoms with E-state index in [4.69, 9.17) is 4.74 Å². The van der Waals surface area contributed by atoms with Gasteiger partial charge in [0.1, 0.15) is 10.6 Å². The van der Waals surface area contributed by atoms with Crippen molar-refractivity contribution < 1.29 is 19.1 Å². The highest BCUT2D eigenvalue weighted by molar-refractivity contribution is 8.04. The van der Waals surface area contributed by atoms with Crippen LogP contribution >= 0.6 is 11.8 Å². The number of hydrogen-bond donors (Lipinski definition) is 2. The van der Waals surface area contributed by atoms with Crippen LogP contribution in [0.15, 0.2) is 64.0 Å². The van der Waals surface area contributed by atoms with Gasteiger partial charge in [0.25, 0.3) is 11.8 Å². The number of ether oxygens (including phenoxy) is 1. The average molecular weight is 510 g/mol. The Morgan fingerprint density at radius 1 is 1.00 bits per heavy atom. The lowest BCUT2D eigenvalue weighted by atomic mass is 10.0. The largest absolute Gasteiger partial charge is 0.385 e. The SMILES string of the molecule is COCCCN1C(=O)C(Nc2ccc(C(C)C)cc2)=C(Sc2cccc(NC(=O)CC(C)C)c2)C1=O. The monoisotopic (exact) mass is 509 g/mol. The number of thioether (sulfide) groups is 1. The van der Waals surface area contributed by atoms with Crippen LogP contribution in [-0.4, -0.2) is 42.9 Å². The predicted octanol–water partition coefficient (Wildman–Crippen LogP) is 5.62. The Labute approximate surface area is 217 Å². The van der Waals surface area contributed by atoms with Crippen molar-refractivity contribution >= 4 is 40.9 Å². The number of nitrogens with one attached hydrogen (secondary N) is 2. The molecule has 0 spiro atoms. The van der Waals surface area contributed by atoms with Crippen molar-refractivity contribution in [3.8, 4) is 0 Å². The summed E-state index contributed by atoms with van der Waals surface area (Å²) in [6.45, 7) is 8.95. The molecule has 2 N–H and O–H groups in total. The molecule has 1 aliphatic rings. The Morgan fingerprint density at radius 2 is 1.72 bits per heavy atom. The van der Waals surface area contributed by atoms with Crippen LogP contribution in [0.3, 0.4) is 0 Å². The van der Waals surface area contributed by atoms with Crippen molar-refractivity contribution in [3.05, 3.63) is 64.7 Å². The van der Waals surface area contributed by atoms with Crippen molar-refractivity contribution in [2.75, 3.05) is 30.9 Å². The van der Waals surface area contributed by atoms with Crippen LogP contribution in [-0.2, 0) is 19.1 Å². The molecule has 0 aliphatic carbocycles. The zero-order chi connectivity index (χ0) is 26.2. The quantitative estimate of drug-likeness (QED) is 0.285. The molecular formula is C28H35N3O4S. The Morgan fingerprint density at radius 3 is 2.36 bits per heavy atom. The van der Waals surface area contributed by atoms with Gasteiger partial charge in [-0.15, -0.1) is 0 Å². The summed E-state index contributed by atoms with van der Waals surface area (Å²) in [5.74, 6) is -0.106. The van der Waals surface area contributed by atoms with Gasteiger partial charge in [-0.1, -0.05) is 57.7 Å². The van der Waals surface area contributed by atoms with Gasteiger partial charge in [-0.2, -0.15) is 0 Å². The number of rotatable bonds is 12. The Kier molecular flexibility index (Phi) is 9.73. The summed E-state index contributed by atoms with van der Waals surface area (Å²) in [4.78, 5) is 41.2. The fraction of sp³-hybridized carbons (Fsp3) is 0.393. The minimum absolute atomic E-state index is 0.0602. The van der Waals surface area contributed by atoms with Crippen molar-refractivity contribution in [3.63, 3.8) is 0 Å². The summed E-state index contributed by atoms with van der Waals surface area (Å²) in [6.07, 6.45) is 0.981. The van der Waals surface area contributed by atoms with Gasteiger partial charge in [-0.3, -0.25) is 19.3 Å². The minimum Gasteiger partial charge on any atom is -0.385 e. The highest BCUT2D eigenvalue weighted by atomic mass is 32.2. The van der Waals surface area contributed by atoms with Crippen molar-refractivity contribution in [1.29, 1.82) is 0 Å². The smallest absolute Gasteiger partial charge is 0.278 e. The second kappa shape index (κ2) is 12.7. The van der Waals surface area contributed by atoms with Crippen LogP contribution in [0.2, 0.25) is 0 Å². The molecule has 0 aromatic heterocycles.